The molecule has 0 unspecified atom stereocenters. The number of hydrogen-bond acceptors (Lipinski definition) is 4. The van der Waals surface area contributed by atoms with Gasteiger partial charge in [0, 0.05) is 18.8 Å². The second-order valence-electron chi connectivity index (χ2n) is 7.36. The first-order valence-electron chi connectivity index (χ1n) is 9.16. The highest BCUT2D eigenvalue weighted by atomic mass is 16.6. The summed E-state index contributed by atoms with van der Waals surface area (Å²) in [6.45, 7) is 5.47. The lowest BCUT2D eigenvalue weighted by Crippen LogP contribution is -2.34. The maximum atomic E-state index is 12.1. The van der Waals surface area contributed by atoms with E-state index in [0.717, 1.165) is 5.56 Å². The van der Waals surface area contributed by atoms with Gasteiger partial charge in [-0.05, 0) is 50.6 Å². The van der Waals surface area contributed by atoms with Gasteiger partial charge in [0.1, 0.15) is 11.4 Å². The Bertz CT molecular complexity index is 909. The van der Waals surface area contributed by atoms with Crippen molar-refractivity contribution in [3.8, 4) is 5.75 Å². The Morgan fingerprint density at radius 2 is 1.69 bits per heavy atom. The fraction of sp³-hybridized carbons (Fsp3) is 0.217. The fourth-order valence-electron chi connectivity index (χ4n) is 2.31. The zero-order valence-electron chi connectivity index (χ0n) is 17.0. The second-order valence-corrected chi connectivity index (χ2v) is 7.36. The molecule has 0 bridgehead atoms. The first kappa shape index (κ1) is 21.8. The molecule has 6 nitrogen and oxygen atoms in total. The Balaban J connectivity index is 1.91. The Hall–Kier alpha value is -3.54. The Labute approximate surface area is 171 Å². The van der Waals surface area contributed by atoms with E-state index in [1.807, 2.05) is 51.1 Å². The van der Waals surface area contributed by atoms with Gasteiger partial charge in [-0.3, -0.25) is 9.69 Å². The van der Waals surface area contributed by atoms with Crippen molar-refractivity contribution in [2.24, 2.45) is 0 Å². The lowest BCUT2D eigenvalue weighted by molar-refractivity contribution is -0.111. The number of rotatable bonds is 5. The van der Waals surface area contributed by atoms with Crippen LogP contribution in [0.15, 0.2) is 66.8 Å². The third-order valence-corrected chi connectivity index (χ3v) is 3.76. The molecule has 0 spiro atoms. The van der Waals surface area contributed by atoms with Crippen LogP contribution in [0.25, 0.3) is 6.08 Å². The highest BCUT2D eigenvalue weighted by Crippen LogP contribution is 2.21. The predicted molar refractivity (Wildman–Crippen MR) is 116 cm³/mol. The molecule has 29 heavy (non-hydrogen) atoms. The number of benzene rings is 2. The van der Waals surface area contributed by atoms with Crippen molar-refractivity contribution in [1.29, 1.82) is 0 Å². The molecule has 0 aliphatic heterocycles. The number of phenols is 1. The van der Waals surface area contributed by atoms with Gasteiger partial charge < -0.3 is 15.2 Å². The summed E-state index contributed by atoms with van der Waals surface area (Å²) in [7, 11) is 1.66. The van der Waals surface area contributed by atoms with Crippen molar-refractivity contribution in [3.63, 3.8) is 0 Å². The van der Waals surface area contributed by atoms with Crippen molar-refractivity contribution in [1.82, 2.24) is 0 Å². The summed E-state index contributed by atoms with van der Waals surface area (Å²) in [4.78, 5) is 25.4. The molecule has 2 N–H and O–H groups in total. The van der Waals surface area contributed by atoms with Crippen molar-refractivity contribution >= 4 is 29.5 Å². The monoisotopic (exact) mass is 394 g/mol. The second kappa shape index (κ2) is 9.59. The minimum absolute atomic E-state index is 0.0150. The molecular weight excluding hydrogens is 368 g/mol. The molecule has 0 aliphatic rings. The van der Waals surface area contributed by atoms with Crippen LogP contribution in [-0.2, 0) is 9.53 Å². The van der Waals surface area contributed by atoms with Crippen molar-refractivity contribution in [2.45, 2.75) is 26.4 Å². The molecule has 0 atom stereocenters. The zero-order valence-corrected chi connectivity index (χ0v) is 17.0. The fourth-order valence-corrected chi connectivity index (χ4v) is 2.31. The van der Waals surface area contributed by atoms with Gasteiger partial charge in [0.05, 0.1) is 5.69 Å². The van der Waals surface area contributed by atoms with Gasteiger partial charge in [-0.25, -0.2) is 4.79 Å². The molecule has 2 rings (SSSR count). The van der Waals surface area contributed by atoms with Gasteiger partial charge in [-0.1, -0.05) is 42.5 Å². The minimum atomic E-state index is -0.550. The molecule has 0 heterocycles. The molecule has 2 aromatic carbocycles. The highest BCUT2D eigenvalue weighted by molar-refractivity contribution is 6.00. The molecule has 0 saturated carbocycles. The number of amides is 2. The third kappa shape index (κ3) is 7.18. The first-order chi connectivity index (χ1) is 13.7. The van der Waals surface area contributed by atoms with E-state index in [1.165, 1.54) is 17.0 Å². The maximum Gasteiger partial charge on any atom is 0.414 e. The average Bonchev–Trinajstić information content (AvgIpc) is 2.65. The van der Waals surface area contributed by atoms with Crippen LogP contribution in [0.4, 0.5) is 16.2 Å². The lowest BCUT2D eigenvalue weighted by Gasteiger charge is -2.24. The highest BCUT2D eigenvalue weighted by Gasteiger charge is 2.20. The van der Waals surface area contributed by atoms with E-state index < -0.39 is 11.7 Å². The Morgan fingerprint density at radius 1 is 1.03 bits per heavy atom. The number of carbonyl (C=O) groups excluding carboxylic acids is 2. The van der Waals surface area contributed by atoms with E-state index >= 15 is 0 Å². The number of para-hydroxylation sites is 2. The summed E-state index contributed by atoms with van der Waals surface area (Å²) < 4.78 is 5.35. The number of hydrogen-bond donors (Lipinski definition) is 2. The van der Waals surface area contributed by atoms with Crippen LogP contribution >= 0.6 is 0 Å². The third-order valence-electron chi connectivity index (χ3n) is 3.76. The molecule has 2 aromatic rings. The van der Waals surface area contributed by atoms with Gasteiger partial charge in [-0.2, -0.15) is 0 Å². The summed E-state index contributed by atoms with van der Waals surface area (Å²) in [6, 6.07) is 13.9. The Morgan fingerprint density at radius 3 is 2.31 bits per heavy atom. The van der Waals surface area contributed by atoms with E-state index in [9.17, 15) is 14.7 Å². The summed E-state index contributed by atoms with van der Waals surface area (Å²) in [5, 5.41) is 12.2. The number of allylic oxidation sites excluding steroid dienone is 2. The normalized spacial score (nSPS) is 11.6. The molecule has 0 saturated heterocycles. The number of ether oxygens (including phenoxy) is 1. The molecule has 0 aromatic heterocycles. The molecular formula is C23H26N2O4. The number of nitrogens with zero attached hydrogens (tertiary/aromatic N) is 1. The molecule has 0 radical (unpaired) electrons. The van der Waals surface area contributed by atoms with Crippen LogP contribution in [-0.4, -0.2) is 29.8 Å². The summed E-state index contributed by atoms with van der Waals surface area (Å²) in [6.07, 6.45) is 6.13. The van der Waals surface area contributed by atoms with Crippen LogP contribution in [0.2, 0.25) is 0 Å². The van der Waals surface area contributed by atoms with Gasteiger partial charge in [0.25, 0.3) is 0 Å². The number of aromatic hydroxyl groups is 1. The molecule has 2 amide bonds. The van der Waals surface area contributed by atoms with E-state index in [2.05, 4.69) is 5.32 Å². The molecule has 0 aliphatic carbocycles. The summed E-state index contributed by atoms with van der Waals surface area (Å²) >= 11 is 0. The largest absolute Gasteiger partial charge is 0.506 e. The van der Waals surface area contributed by atoms with Crippen molar-refractivity contribution in [2.75, 3.05) is 17.3 Å². The average molecular weight is 394 g/mol. The van der Waals surface area contributed by atoms with Crippen LogP contribution in [0, 0.1) is 0 Å². The van der Waals surface area contributed by atoms with E-state index in [-0.39, 0.29) is 11.7 Å². The number of carbonyl (C=O) groups is 2. The van der Waals surface area contributed by atoms with Gasteiger partial charge in [0.2, 0.25) is 5.91 Å². The standard InChI is InChI=1S/C23H26N2O4/c1-23(2,3)29-22(28)25(4)18-15-13-17(14-16-18)9-5-8-12-21(27)24-19-10-6-7-11-20(19)26/h5-16,26H,1-4H3,(H,24,27)/b9-5+,12-8+. The van der Waals surface area contributed by atoms with Crippen LogP contribution < -0.4 is 10.2 Å². The minimum Gasteiger partial charge on any atom is -0.506 e. The number of phenolic OH excluding ortho intramolecular Hbond substituents is 1. The SMILES string of the molecule is CN(C(=O)OC(C)(C)C)c1ccc(/C=C/C=C/C(=O)Nc2ccccc2O)cc1. The number of nitrogens with one attached hydrogen (secondary N) is 1. The Kier molecular flexibility index (Phi) is 7.20. The van der Waals surface area contributed by atoms with E-state index in [0.29, 0.717) is 11.4 Å². The van der Waals surface area contributed by atoms with Crippen LogP contribution in [0.1, 0.15) is 26.3 Å². The molecule has 6 heteroatoms. The quantitative estimate of drug-likeness (QED) is 0.426. The lowest BCUT2D eigenvalue weighted by atomic mass is 10.2. The van der Waals surface area contributed by atoms with Gasteiger partial charge in [0.15, 0.2) is 0 Å². The van der Waals surface area contributed by atoms with Gasteiger partial charge >= 0.3 is 6.09 Å². The van der Waals surface area contributed by atoms with Crippen molar-refractivity contribution in [3.05, 3.63) is 72.3 Å². The zero-order chi connectivity index (χ0) is 21.4. The summed E-state index contributed by atoms with van der Waals surface area (Å²) in [5.74, 6) is -0.327. The first-order valence-corrected chi connectivity index (χ1v) is 9.16. The topological polar surface area (TPSA) is 78.9 Å². The predicted octanol–water partition coefficient (Wildman–Crippen LogP) is 4.97. The molecule has 0 fully saturated rings. The summed E-state index contributed by atoms with van der Waals surface area (Å²) in [5.41, 5.74) is 1.44. The van der Waals surface area contributed by atoms with Crippen LogP contribution in [0.5, 0.6) is 5.75 Å². The smallest absolute Gasteiger partial charge is 0.414 e. The van der Waals surface area contributed by atoms with E-state index in [1.54, 1.807) is 37.4 Å². The maximum absolute atomic E-state index is 12.1. The van der Waals surface area contributed by atoms with Crippen molar-refractivity contribution < 1.29 is 19.4 Å². The van der Waals surface area contributed by atoms with Crippen LogP contribution in [0.3, 0.4) is 0 Å². The number of anilines is 2. The van der Waals surface area contributed by atoms with Gasteiger partial charge in [-0.15, -0.1) is 0 Å². The van der Waals surface area contributed by atoms with E-state index in [4.69, 9.17) is 4.74 Å². The molecule has 152 valence electrons.